The fourth-order valence-corrected chi connectivity index (χ4v) is 4.97. The van der Waals surface area contributed by atoms with Gasteiger partial charge in [0.05, 0.1) is 25.6 Å². The Morgan fingerprint density at radius 2 is 2.19 bits per heavy atom. The number of piperidine rings is 1. The second-order valence-corrected chi connectivity index (χ2v) is 8.88. The molecule has 0 radical (unpaired) electrons. The maximum Gasteiger partial charge on any atom is 0.223 e. The molecular formula is C14H18BrNO4S. The molecule has 3 aliphatic rings. The molecule has 0 aromatic rings. The first-order chi connectivity index (χ1) is 9.83. The summed E-state index contributed by atoms with van der Waals surface area (Å²) in [6, 6.07) is -0.580. The number of rotatable bonds is 1. The molecule has 1 N–H and O–H groups in total. The van der Waals surface area contributed by atoms with Gasteiger partial charge in [0, 0.05) is 19.0 Å². The van der Waals surface area contributed by atoms with Gasteiger partial charge in [0.15, 0.2) is 0 Å². The number of aliphatic hydroxyl groups excluding tert-OH is 1. The van der Waals surface area contributed by atoms with Crippen molar-refractivity contribution in [2.24, 2.45) is 0 Å². The van der Waals surface area contributed by atoms with Gasteiger partial charge in [-0.25, -0.2) is 4.21 Å². The molecule has 3 heterocycles. The van der Waals surface area contributed by atoms with Crippen molar-refractivity contribution < 1.29 is 18.8 Å². The quantitative estimate of drug-likeness (QED) is 0.757. The van der Waals surface area contributed by atoms with Crippen LogP contribution in [-0.2, 0) is 20.3 Å². The molecule has 3 atom stereocenters. The van der Waals surface area contributed by atoms with E-state index >= 15 is 0 Å². The SMILES string of the molecule is CC1(C)OC2=C(C(N3CCCCC3=O)C1O)S(=O)C(Br)=C2. The molecule has 116 valence electrons. The first-order valence-electron chi connectivity index (χ1n) is 7.02. The monoisotopic (exact) mass is 375 g/mol. The summed E-state index contributed by atoms with van der Waals surface area (Å²) in [6.45, 7) is 4.15. The number of carbonyl (C=O) groups is 1. The number of allylic oxidation sites excluding steroid dienone is 1. The average molecular weight is 376 g/mol. The molecule has 1 fully saturated rings. The Morgan fingerprint density at radius 3 is 2.86 bits per heavy atom. The van der Waals surface area contributed by atoms with Gasteiger partial charge in [0.25, 0.3) is 0 Å². The predicted octanol–water partition coefficient (Wildman–Crippen LogP) is 1.75. The van der Waals surface area contributed by atoms with E-state index in [1.165, 1.54) is 0 Å². The Morgan fingerprint density at radius 1 is 1.48 bits per heavy atom. The molecule has 1 amide bonds. The summed E-state index contributed by atoms with van der Waals surface area (Å²) in [7, 11) is -1.41. The molecule has 3 unspecified atom stereocenters. The van der Waals surface area contributed by atoms with Crippen LogP contribution in [0.15, 0.2) is 20.6 Å². The van der Waals surface area contributed by atoms with Crippen molar-refractivity contribution in [3.8, 4) is 0 Å². The smallest absolute Gasteiger partial charge is 0.223 e. The van der Waals surface area contributed by atoms with Gasteiger partial charge >= 0.3 is 0 Å². The fraction of sp³-hybridized carbons (Fsp3) is 0.643. The summed E-state index contributed by atoms with van der Waals surface area (Å²) in [5.74, 6) is 0.522. The lowest BCUT2D eigenvalue weighted by Crippen LogP contribution is -2.59. The number of carbonyl (C=O) groups excluding carboxylic acids is 1. The number of hydrogen-bond donors (Lipinski definition) is 1. The van der Waals surface area contributed by atoms with E-state index in [-0.39, 0.29) is 5.91 Å². The van der Waals surface area contributed by atoms with Gasteiger partial charge in [0.1, 0.15) is 17.5 Å². The third kappa shape index (κ3) is 2.39. The summed E-state index contributed by atoms with van der Waals surface area (Å²) >= 11 is 3.27. The molecule has 0 spiro atoms. The van der Waals surface area contributed by atoms with Gasteiger partial charge in [-0.15, -0.1) is 0 Å². The van der Waals surface area contributed by atoms with Crippen LogP contribution < -0.4 is 0 Å². The van der Waals surface area contributed by atoms with Crippen molar-refractivity contribution in [1.29, 1.82) is 0 Å². The average Bonchev–Trinajstić information content (AvgIpc) is 2.67. The van der Waals surface area contributed by atoms with Crippen LogP contribution in [-0.4, -0.2) is 44.4 Å². The Labute approximate surface area is 134 Å². The second-order valence-electron chi connectivity index (χ2n) is 6.09. The molecule has 3 rings (SSSR count). The number of halogens is 1. The summed E-state index contributed by atoms with van der Waals surface area (Å²) in [4.78, 5) is 14.4. The zero-order valence-corrected chi connectivity index (χ0v) is 14.4. The number of hydrogen-bond acceptors (Lipinski definition) is 4. The highest BCUT2D eigenvalue weighted by molar-refractivity contribution is 9.13. The topological polar surface area (TPSA) is 66.8 Å². The zero-order chi connectivity index (χ0) is 15.4. The number of nitrogens with zero attached hydrogens (tertiary/aromatic N) is 1. The van der Waals surface area contributed by atoms with Crippen LogP contribution in [0.25, 0.3) is 0 Å². The minimum absolute atomic E-state index is 0.00914. The molecule has 1 saturated heterocycles. The van der Waals surface area contributed by atoms with E-state index in [0.29, 0.717) is 27.4 Å². The van der Waals surface area contributed by atoms with Crippen molar-refractivity contribution in [3.63, 3.8) is 0 Å². The molecule has 0 aromatic carbocycles. The van der Waals surface area contributed by atoms with Crippen LogP contribution in [0, 0.1) is 0 Å². The van der Waals surface area contributed by atoms with Gasteiger partial charge in [0.2, 0.25) is 5.91 Å². The van der Waals surface area contributed by atoms with Crippen LogP contribution in [0.4, 0.5) is 0 Å². The Bertz CT molecular complexity index is 584. The van der Waals surface area contributed by atoms with Crippen molar-refractivity contribution in [1.82, 2.24) is 4.90 Å². The standard InChI is InChI=1S/C14H18BrNO4S/c1-14(2)13(18)11(16-6-4-3-5-10(16)17)12-8(20-14)7-9(15)21(12)19/h7,11,13,18H,3-6H2,1-2H3. The van der Waals surface area contributed by atoms with Gasteiger partial charge in [-0.1, -0.05) is 0 Å². The van der Waals surface area contributed by atoms with Crippen LogP contribution in [0.3, 0.4) is 0 Å². The lowest BCUT2D eigenvalue weighted by atomic mass is 9.89. The first kappa shape index (κ1) is 15.2. The molecule has 0 saturated carbocycles. The van der Waals surface area contributed by atoms with E-state index in [2.05, 4.69) is 15.9 Å². The summed E-state index contributed by atoms with van der Waals surface area (Å²) < 4.78 is 18.8. The summed E-state index contributed by atoms with van der Waals surface area (Å²) in [6.07, 6.45) is 3.03. The molecule has 0 bridgehead atoms. The Hall–Kier alpha value is -0.660. The third-order valence-electron chi connectivity index (χ3n) is 4.21. The number of likely N-dealkylation sites (tertiary alicyclic amines) is 1. The van der Waals surface area contributed by atoms with E-state index in [9.17, 15) is 14.1 Å². The van der Waals surface area contributed by atoms with Crippen molar-refractivity contribution in [2.75, 3.05) is 6.54 Å². The molecule has 0 aromatic heterocycles. The molecule has 3 aliphatic heterocycles. The molecule has 5 nitrogen and oxygen atoms in total. The molecule has 7 heteroatoms. The van der Waals surface area contributed by atoms with E-state index in [1.54, 1.807) is 24.8 Å². The first-order valence-corrected chi connectivity index (χ1v) is 8.97. The van der Waals surface area contributed by atoms with Crippen LogP contribution in [0.2, 0.25) is 0 Å². The Kier molecular flexibility index (Phi) is 3.78. The molecular weight excluding hydrogens is 358 g/mol. The summed E-state index contributed by atoms with van der Waals surface area (Å²) in [5, 5.41) is 10.7. The highest BCUT2D eigenvalue weighted by atomic mass is 79.9. The maximum absolute atomic E-state index is 12.5. The number of aliphatic hydroxyl groups is 1. The van der Waals surface area contributed by atoms with Gasteiger partial charge in [-0.3, -0.25) is 4.79 Å². The van der Waals surface area contributed by atoms with Crippen LogP contribution >= 0.6 is 15.9 Å². The van der Waals surface area contributed by atoms with Crippen molar-refractivity contribution >= 4 is 32.6 Å². The van der Waals surface area contributed by atoms with E-state index in [4.69, 9.17) is 4.74 Å². The zero-order valence-electron chi connectivity index (χ0n) is 12.0. The number of amides is 1. The van der Waals surface area contributed by atoms with E-state index in [1.807, 2.05) is 0 Å². The highest BCUT2D eigenvalue weighted by Crippen LogP contribution is 2.44. The summed E-state index contributed by atoms with van der Waals surface area (Å²) in [5.41, 5.74) is -0.834. The minimum atomic E-state index is -1.41. The van der Waals surface area contributed by atoms with Crippen molar-refractivity contribution in [2.45, 2.75) is 50.9 Å². The number of ether oxygens (including phenoxy) is 1. The lowest BCUT2D eigenvalue weighted by molar-refractivity contribution is -0.147. The van der Waals surface area contributed by atoms with Crippen LogP contribution in [0.1, 0.15) is 33.1 Å². The predicted molar refractivity (Wildman–Crippen MR) is 82.7 cm³/mol. The van der Waals surface area contributed by atoms with E-state index in [0.717, 1.165) is 12.8 Å². The van der Waals surface area contributed by atoms with Gasteiger partial charge in [-0.05, 0) is 42.6 Å². The normalized spacial score (nSPS) is 35.4. The minimum Gasteiger partial charge on any atom is -0.484 e. The van der Waals surface area contributed by atoms with Crippen LogP contribution in [0.5, 0.6) is 0 Å². The highest BCUT2D eigenvalue weighted by Gasteiger charge is 2.51. The van der Waals surface area contributed by atoms with Gasteiger partial charge < -0.3 is 14.7 Å². The second kappa shape index (κ2) is 5.21. The van der Waals surface area contributed by atoms with Gasteiger partial charge in [-0.2, -0.15) is 0 Å². The Balaban J connectivity index is 2.05. The molecule has 21 heavy (non-hydrogen) atoms. The van der Waals surface area contributed by atoms with Crippen molar-refractivity contribution in [3.05, 3.63) is 20.6 Å². The molecule has 0 aliphatic carbocycles. The fourth-order valence-electron chi connectivity index (χ4n) is 3.06. The van der Waals surface area contributed by atoms with E-state index < -0.39 is 28.5 Å². The third-order valence-corrected chi connectivity index (χ3v) is 6.64. The maximum atomic E-state index is 12.5. The lowest BCUT2D eigenvalue weighted by Gasteiger charge is -2.46. The largest absolute Gasteiger partial charge is 0.484 e.